The Morgan fingerprint density at radius 2 is 1.87 bits per heavy atom. The summed E-state index contributed by atoms with van der Waals surface area (Å²) in [6.07, 6.45) is 5.66. The lowest BCUT2D eigenvalue weighted by Gasteiger charge is -2.32. The monoisotopic (exact) mass is 202 g/mol. The van der Waals surface area contributed by atoms with Gasteiger partial charge in [0.25, 0.3) is 0 Å². The van der Waals surface area contributed by atoms with Crippen LogP contribution in [0.4, 0.5) is 0 Å². The van der Waals surface area contributed by atoms with Crippen molar-refractivity contribution in [2.45, 2.75) is 52.4 Å². The third-order valence-electron chi connectivity index (χ3n) is 4.33. The van der Waals surface area contributed by atoms with Crippen molar-refractivity contribution >= 4 is 0 Å². The summed E-state index contributed by atoms with van der Waals surface area (Å²) in [4.78, 5) is 0. The van der Waals surface area contributed by atoms with Crippen molar-refractivity contribution < 1.29 is 0 Å². The lowest BCUT2D eigenvalue weighted by molar-refractivity contribution is 0.275. The molecule has 0 aromatic heterocycles. The predicted molar refractivity (Wildman–Crippen MR) is 66.2 cm³/mol. The number of aryl methyl sites for hydroxylation is 1. The number of hydrogen-bond donors (Lipinski definition) is 0. The first-order chi connectivity index (χ1) is 7.12. The minimum atomic E-state index is 0.549. The van der Waals surface area contributed by atoms with E-state index in [-0.39, 0.29) is 0 Å². The summed E-state index contributed by atoms with van der Waals surface area (Å²) < 4.78 is 0. The smallest absolute Gasteiger partial charge is 0.0136 e. The van der Waals surface area contributed by atoms with Crippen molar-refractivity contribution in [3.63, 3.8) is 0 Å². The standard InChI is InChI=1S/C15H22/c1-12-7-6-8-14(11-12)13(2)15(3)9-4-5-10-15/h6-8,11,13H,4-5,9-10H2,1-3H3. The molecule has 1 saturated carbocycles. The average Bonchev–Trinajstić information content (AvgIpc) is 2.65. The van der Waals surface area contributed by atoms with Gasteiger partial charge in [0.1, 0.15) is 0 Å². The van der Waals surface area contributed by atoms with Crippen molar-refractivity contribution in [2.75, 3.05) is 0 Å². The van der Waals surface area contributed by atoms with E-state index in [2.05, 4.69) is 45.0 Å². The Labute approximate surface area is 93.7 Å². The normalized spacial score (nSPS) is 21.5. The molecule has 15 heavy (non-hydrogen) atoms. The van der Waals surface area contributed by atoms with Gasteiger partial charge in [0.2, 0.25) is 0 Å². The third-order valence-corrected chi connectivity index (χ3v) is 4.33. The summed E-state index contributed by atoms with van der Waals surface area (Å²) in [6.45, 7) is 7.06. The van der Waals surface area contributed by atoms with E-state index < -0.39 is 0 Å². The molecule has 0 nitrogen and oxygen atoms in total. The van der Waals surface area contributed by atoms with E-state index in [0.717, 1.165) is 0 Å². The molecule has 1 unspecified atom stereocenters. The zero-order valence-electron chi connectivity index (χ0n) is 10.2. The van der Waals surface area contributed by atoms with Gasteiger partial charge < -0.3 is 0 Å². The van der Waals surface area contributed by atoms with Crippen LogP contribution in [0.2, 0.25) is 0 Å². The SMILES string of the molecule is Cc1cccc(C(C)C2(C)CCCC2)c1. The molecule has 1 atom stereocenters. The topological polar surface area (TPSA) is 0 Å². The zero-order valence-corrected chi connectivity index (χ0v) is 10.2. The van der Waals surface area contributed by atoms with Gasteiger partial charge in [-0.1, -0.05) is 56.5 Å². The summed E-state index contributed by atoms with van der Waals surface area (Å²) in [5, 5.41) is 0. The van der Waals surface area contributed by atoms with Crippen LogP contribution in [0.15, 0.2) is 24.3 Å². The second kappa shape index (κ2) is 4.00. The van der Waals surface area contributed by atoms with Gasteiger partial charge in [0, 0.05) is 0 Å². The van der Waals surface area contributed by atoms with Crippen LogP contribution in [0.3, 0.4) is 0 Å². The van der Waals surface area contributed by atoms with Gasteiger partial charge in [0.15, 0.2) is 0 Å². The molecule has 0 heterocycles. The van der Waals surface area contributed by atoms with Crippen LogP contribution < -0.4 is 0 Å². The van der Waals surface area contributed by atoms with Gasteiger partial charge in [-0.25, -0.2) is 0 Å². The van der Waals surface area contributed by atoms with E-state index in [0.29, 0.717) is 11.3 Å². The Kier molecular flexibility index (Phi) is 2.86. The molecule has 1 fully saturated rings. The first-order valence-corrected chi connectivity index (χ1v) is 6.18. The van der Waals surface area contributed by atoms with E-state index >= 15 is 0 Å². The van der Waals surface area contributed by atoms with Crippen LogP contribution in [0.5, 0.6) is 0 Å². The molecule has 1 aromatic rings. The van der Waals surface area contributed by atoms with Gasteiger partial charge in [-0.15, -0.1) is 0 Å². The quantitative estimate of drug-likeness (QED) is 0.653. The first kappa shape index (κ1) is 10.7. The molecule has 0 bridgehead atoms. The highest BCUT2D eigenvalue weighted by atomic mass is 14.4. The van der Waals surface area contributed by atoms with E-state index in [1.165, 1.54) is 36.8 Å². The van der Waals surface area contributed by atoms with Gasteiger partial charge in [-0.3, -0.25) is 0 Å². The Bertz CT molecular complexity index is 332. The van der Waals surface area contributed by atoms with Crippen LogP contribution >= 0.6 is 0 Å². The molecule has 0 N–H and O–H groups in total. The highest BCUT2D eigenvalue weighted by Gasteiger charge is 2.34. The summed E-state index contributed by atoms with van der Waals surface area (Å²) in [6, 6.07) is 9.03. The maximum absolute atomic E-state index is 2.47. The summed E-state index contributed by atoms with van der Waals surface area (Å²) in [7, 11) is 0. The molecule has 82 valence electrons. The van der Waals surface area contributed by atoms with Crippen molar-refractivity contribution in [3.05, 3.63) is 35.4 Å². The van der Waals surface area contributed by atoms with Crippen molar-refractivity contribution in [1.82, 2.24) is 0 Å². The molecule has 0 aliphatic heterocycles. The zero-order chi connectivity index (χ0) is 10.9. The largest absolute Gasteiger partial charge is 0.0617 e. The molecule has 0 heteroatoms. The van der Waals surface area contributed by atoms with Crippen molar-refractivity contribution in [3.8, 4) is 0 Å². The molecule has 1 aliphatic carbocycles. The third kappa shape index (κ3) is 2.09. The average molecular weight is 202 g/mol. The Morgan fingerprint density at radius 1 is 1.20 bits per heavy atom. The Hall–Kier alpha value is -0.780. The van der Waals surface area contributed by atoms with Gasteiger partial charge in [-0.05, 0) is 36.7 Å². The van der Waals surface area contributed by atoms with Gasteiger partial charge in [-0.2, -0.15) is 0 Å². The van der Waals surface area contributed by atoms with E-state index in [1.807, 2.05) is 0 Å². The molecule has 0 spiro atoms. The van der Waals surface area contributed by atoms with Crippen LogP contribution in [0, 0.1) is 12.3 Å². The number of hydrogen-bond acceptors (Lipinski definition) is 0. The molecule has 1 aliphatic rings. The van der Waals surface area contributed by atoms with E-state index in [9.17, 15) is 0 Å². The Balaban J connectivity index is 2.23. The highest BCUT2D eigenvalue weighted by molar-refractivity contribution is 5.26. The van der Waals surface area contributed by atoms with Gasteiger partial charge >= 0.3 is 0 Å². The minimum Gasteiger partial charge on any atom is -0.0617 e. The molecule has 0 radical (unpaired) electrons. The maximum Gasteiger partial charge on any atom is -0.0136 e. The molecular weight excluding hydrogens is 180 g/mol. The number of rotatable bonds is 2. The minimum absolute atomic E-state index is 0.549. The molecule has 1 aromatic carbocycles. The molecular formula is C15H22. The molecule has 0 saturated heterocycles. The molecule has 0 amide bonds. The van der Waals surface area contributed by atoms with E-state index in [4.69, 9.17) is 0 Å². The Morgan fingerprint density at radius 3 is 2.47 bits per heavy atom. The lowest BCUT2D eigenvalue weighted by atomic mass is 9.73. The second-order valence-electron chi connectivity index (χ2n) is 5.50. The summed E-state index contributed by atoms with van der Waals surface area (Å²) in [5.41, 5.74) is 3.47. The summed E-state index contributed by atoms with van der Waals surface area (Å²) >= 11 is 0. The van der Waals surface area contributed by atoms with Crippen molar-refractivity contribution in [2.24, 2.45) is 5.41 Å². The van der Waals surface area contributed by atoms with Crippen LogP contribution in [-0.2, 0) is 0 Å². The molecule has 2 rings (SSSR count). The van der Waals surface area contributed by atoms with E-state index in [1.54, 1.807) is 0 Å². The lowest BCUT2D eigenvalue weighted by Crippen LogP contribution is -2.19. The predicted octanol–water partition coefficient (Wildman–Crippen LogP) is 4.68. The summed E-state index contributed by atoms with van der Waals surface area (Å²) in [5.74, 6) is 0.708. The maximum atomic E-state index is 2.47. The van der Waals surface area contributed by atoms with Crippen LogP contribution in [-0.4, -0.2) is 0 Å². The van der Waals surface area contributed by atoms with Gasteiger partial charge in [0.05, 0.1) is 0 Å². The van der Waals surface area contributed by atoms with Crippen LogP contribution in [0.1, 0.15) is 56.6 Å². The highest BCUT2D eigenvalue weighted by Crippen LogP contribution is 2.48. The van der Waals surface area contributed by atoms with Crippen LogP contribution in [0.25, 0.3) is 0 Å². The number of benzene rings is 1. The first-order valence-electron chi connectivity index (χ1n) is 6.18. The fourth-order valence-electron chi connectivity index (χ4n) is 2.96. The second-order valence-corrected chi connectivity index (χ2v) is 5.50. The fraction of sp³-hybridized carbons (Fsp3) is 0.600. The van der Waals surface area contributed by atoms with Crippen molar-refractivity contribution in [1.29, 1.82) is 0 Å². The fourth-order valence-corrected chi connectivity index (χ4v) is 2.96.